The number of aryl methyl sites for hydroxylation is 1. The molecule has 0 spiro atoms. The second-order valence-corrected chi connectivity index (χ2v) is 7.34. The van der Waals surface area contributed by atoms with Gasteiger partial charge >= 0.3 is 0 Å². The van der Waals surface area contributed by atoms with E-state index in [9.17, 15) is 0 Å². The van der Waals surface area contributed by atoms with Gasteiger partial charge in [0.25, 0.3) is 0 Å². The molecule has 1 aliphatic rings. The molecule has 0 amide bonds. The average molecular weight is 259 g/mol. The van der Waals surface area contributed by atoms with Crippen LogP contribution >= 0.6 is 0 Å². The number of hydrogen-bond acceptors (Lipinski definition) is 1. The summed E-state index contributed by atoms with van der Waals surface area (Å²) >= 11 is 0. The second kappa shape index (κ2) is 5.66. The zero-order chi connectivity index (χ0) is 14.0. The molecule has 3 atom stereocenters. The minimum Gasteiger partial charge on any atom is -0.327 e. The summed E-state index contributed by atoms with van der Waals surface area (Å²) in [4.78, 5) is 0. The predicted molar refractivity (Wildman–Crippen MR) is 83.1 cm³/mol. The average Bonchev–Trinajstić information content (AvgIpc) is 2.31. The lowest BCUT2D eigenvalue weighted by molar-refractivity contribution is 0.113. The summed E-state index contributed by atoms with van der Waals surface area (Å²) in [6, 6.07) is 9.36. The van der Waals surface area contributed by atoms with Crippen molar-refractivity contribution in [3.63, 3.8) is 0 Å². The third-order valence-corrected chi connectivity index (χ3v) is 4.95. The lowest BCUT2D eigenvalue weighted by Gasteiger charge is -2.43. The SMILES string of the molecule is Cc1ccc(CC(C)(C)C2CCC(C)CC2N)cc1. The van der Waals surface area contributed by atoms with Crippen LogP contribution in [0.1, 0.15) is 51.2 Å². The van der Waals surface area contributed by atoms with Gasteiger partial charge in [0.05, 0.1) is 0 Å². The van der Waals surface area contributed by atoms with Crippen LogP contribution in [0.2, 0.25) is 0 Å². The van der Waals surface area contributed by atoms with E-state index in [1.54, 1.807) is 0 Å². The van der Waals surface area contributed by atoms with Crippen LogP contribution in [-0.2, 0) is 6.42 Å². The van der Waals surface area contributed by atoms with Gasteiger partial charge in [-0.2, -0.15) is 0 Å². The van der Waals surface area contributed by atoms with Gasteiger partial charge in [0.1, 0.15) is 0 Å². The standard InChI is InChI=1S/C18H29N/c1-13-5-8-15(9-6-13)12-18(3,4)16-10-7-14(2)11-17(16)19/h5-6,8-9,14,16-17H,7,10-12,19H2,1-4H3. The zero-order valence-electron chi connectivity index (χ0n) is 12.9. The van der Waals surface area contributed by atoms with E-state index in [1.807, 2.05) is 0 Å². The molecule has 0 heterocycles. The van der Waals surface area contributed by atoms with E-state index >= 15 is 0 Å². The second-order valence-electron chi connectivity index (χ2n) is 7.34. The highest BCUT2D eigenvalue weighted by Gasteiger charge is 2.37. The molecule has 1 aromatic rings. The Labute approximate surface area is 118 Å². The largest absolute Gasteiger partial charge is 0.327 e. The minimum absolute atomic E-state index is 0.300. The summed E-state index contributed by atoms with van der Waals surface area (Å²) in [6.45, 7) is 9.27. The normalized spacial score (nSPS) is 28.4. The number of rotatable bonds is 3. The molecule has 0 radical (unpaired) electrons. The van der Waals surface area contributed by atoms with Gasteiger partial charge in [-0.1, -0.05) is 57.0 Å². The smallest absolute Gasteiger partial charge is 0.00749 e. The summed E-state index contributed by atoms with van der Waals surface area (Å²) in [6.07, 6.45) is 4.97. The van der Waals surface area contributed by atoms with Crippen LogP contribution in [-0.4, -0.2) is 6.04 Å². The third-order valence-electron chi connectivity index (χ3n) is 4.95. The third kappa shape index (κ3) is 3.60. The first-order chi connectivity index (χ1) is 8.88. The molecule has 1 saturated carbocycles. The van der Waals surface area contributed by atoms with Crippen molar-refractivity contribution >= 4 is 0 Å². The van der Waals surface area contributed by atoms with Gasteiger partial charge in [0.15, 0.2) is 0 Å². The van der Waals surface area contributed by atoms with Crippen molar-refractivity contribution in [3.05, 3.63) is 35.4 Å². The molecule has 2 rings (SSSR count). The fourth-order valence-electron chi connectivity index (χ4n) is 3.76. The Bertz CT molecular complexity index is 404. The first-order valence-corrected chi connectivity index (χ1v) is 7.69. The van der Waals surface area contributed by atoms with E-state index < -0.39 is 0 Å². The van der Waals surface area contributed by atoms with Crippen molar-refractivity contribution in [2.24, 2.45) is 23.0 Å². The number of benzene rings is 1. The highest BCUT2D eigenvalue weighted by molar-refractivity contribution is 5.22. The van der Waals surface area contributed by atoms with Crippen molar-refractivity contribution in [1.82, 2.24) is 0 Å². The molecule has 2 N–H and O–H groups in total. The lowest BCUT2D eigenvalue weighted by atomic mass is 9.64. The first-order valence-electron chi connectivity index (χ1n) is 7.69. The lowest BCUT2D eigenvalue weighted by Crippen LogP contribution is -2.44. The molecule has 1 aromatic carbocycles. The predicted octanol–water partition coefficient (Wildman–Crippen LogP) is 4.33. The van der Waals surface area contributed by atoms with E-state index in [2.05, 4.69) is 52.0 Å². The molecule has 0 aliphatic heterocycles. The molecular formula is C18H29N. The molecule has 1 aliphatic carbocycles. The van der Waals surface area contributed by atoms with E-state index in [0.29, 0.717) is 17.4 Å². The van der Waals surface area contributed by atoms with Crippen LogP contribution in [0.3, 0.4) is 0 Å². The van der Waals surface area contributed by atoms with Gasteiger partial charge in [-0.05, 0) is 49.0 Å². The molecule has 1 heteroatoms. The van der Waals surface area contributed by atoms with Crippen LogP contribution in [0.4, 0.5) is 0 Å². The fraction of sp³-hybridized carbons (Fsp3) is 0.667. The summed E-state index contributed by atoms with van der Waals surface area (Å²) in [7, 11) is 0. The van der Waals surface area contributed by atoms with E-state index in [4.69, 9.17) is 5.73 Å². The van der Waals surface area contributed by atoms with Crippen LogP contribution in [0.5, 0.6) is 0 Å². The van der Waals surface area contributed by atoms with Crippen LogP contribution in [0, 0.1) is 24.2 Å². The van der Waals surface area contributed by atoms with Crippen molar-refractivity contribution < 1.29 is 0 Å². The van der Waals surface area contributed by atoms with Gasteiger partial charge in [-0.15, -0.1) is 0 Å². The molecule has 1 fully saturated rings. The van der Waals surface area contributed by atoms with Gasteiger partial charge < -0.3 is 5.73 Å². The van der Waals surface area contributed by atoms with E-state index in [-0.39, 0.29) is 0 Å². The Hall–Kier alpha value is -0.820. The summed E-state index contributed by atoms with van der Waals surface area (Å²) in [5, 5.41) is 0. The quantitative estimate of drug-likeness (QED) is 0.859. The molecule has 0 aromatic heterocycles. The van der Waals surface area contributed by atoms with E-state index in [0.717, 1.165) is 12.3 Å². The molecule has 3 unspecified atom stereocenters. The highest BCUT2D eigenvalue weighted by atomic mass is 14.7. The van der Waals surface area contributed by atoms with Gasteiger partial charge in [0, 0.05) is 6.04 Å². The van der Waals surface area contributed by atoms with Crippen LogP contribution < -0.4 is 5.73 Å². The van der Waals surface area contributed by atoms with Crippen molar-refractivity contribution in [3.8, 4) is 0 Å². The van der Waals surface area contributed by atoms with Crippen LogP contribution in [0.25, 0.3) is 0 Å². The molecule has 19 heavy (non-hydrogen) atoms. The molecular weight excluding hydrogens is 230 g/mol. The molecule has 106 valence electrons. The number of hydrogen-bond donors (Lipinski definition) is 1. The summed E-state index contributed by atoms with van der Waals surface area (Å²) in [5.41, 5.74) is 9.52. The van der Waals surface area contributed by atoms with Crippen molar-refractivity contribution in [1.29, 1.82) is 0 Å². The van der Waals surface area contributed by atoms with E-state index in [1.165, 1.54) is 30.4 Å². The Balaban J connectivity index is 2.07. The van der Waals surface area contributed by atoms with Crippen molar-refractivity contribution in [2.75, 3.05) is 0 Å². The maximum absolute atomic E-state index is 6.43. The molecule has 1 nitrogen and oxygen atoms in total. The highest BCUT2D eigenvalue weighted by Crippen LogP contribution is 2.41. The maximum Gasteiger partial charge on any atom is 0.00749 e. The van der Waals surface area contributed by atoms with Gasteiger partial charge in [-0.25, -0.2) is 0 Å². The molecule has 0 bridgehead atoms. The Morgan fingerprint density at radius 3 is 2.37 bits per heavy atom. The Morgan fingerprint density at radius 2 is 1.79 bits per heavy atom. The topological polar surface area (TPSA) is 26.0 Å². The monoisotopic (exact) mass is 259 g/mol. The fourth-order valence-corrected chi connectivity index (χ4v) is 3.76. The van der Waals surface area contributed by atoms with Gasteiger partial charge in [0.2, 0.25) is 0 Å². The van der Waals surface area contributed by atoms with Crippen LogP contribution in [0.15, 0.2) is 24.3 Å². The maximum atomic E-state index is 6.43. The minimum atomic E-state index is 0.300. The van der Waals surface area contributed by atoms with Crippen molar-refractivity contribution in [2.45, 2.75) is 59.4 Å². The number of nitrogens with two attached hydrogens (primary N) is 1. The zero-order valence-corrected chi connectivity index (χ0v) is 12.9. The van der Waals surface area contributed by atoms with Gasteiger partial charge in [-0.3, -0.25) is 0 Å². The molecule has 0 saturated heterocycles. The Morgan fingerprint density at radius 1 is 1.16 bits per heavy atom. The Kier molecular flexibility index (Phi) is 4.35. The first kappa shape index (κ1) is 14.6. The summed E-state index contributed by atoms with van der Waals surface area (Å²) < 4.78 is 0. The summed E-state index contributed by atoms with van der Waals surface area (Å²) in [5.74, 6) is 1.46.